The first kappa shape index (κ1) is 19.2. The molecule has 28 heavy (non-hydrogen) atoms. The second-order valence-corrected chi connectivity index (χ2v) is 5.93. The number of aromatic nitrogens is 1. The molecule has 1 N–H and O–H groups in total. The Balaban J connectivity index is 1.81. The first-order valence-electron chi connectivity index (χ1n) is 7.87. The van der Waals surface area contributed by atoms with E-state index < -0.39 is 10.8 Å². The van der Waals surface area contributed by atoms with Gasteiger partial charge in [-0.1, -0.05) is 16.8 Å². The van der Waals surface area contributed by atoms with Crippen LogP contribution in [0.4, 0.5) is 11.4 Å². The number of nitro groups is 1. The monoisotopic (exact) mass is 403 g/mol. The molecule has 0 unspecified atom stereocenters. The molecule has 144 valence electrons. The van der Waals surface area contributed by atoms with Gasteiger partial charge in [0, 0.05) is 23.4 Å². The first-order chi connectivity index (χ1) is 13.4. The van der Waals surface area contributed by atoms with Gasteiger partial charge in [-0.3, -0.25) is 14.9 Å². The van der Waals surface area contributed by atoms with Crippen LogP contribution < -0.4 is 14.8 Å². The van der Waals surface area contributed by atoms with E-state index in [1.165, 1.54) is 32.4 Å². The van der Waals surface area contributed by atoms with E-state index in [-0.39, 0.29) is 22.1 Å². The third-order valence-electron chi connectivity index (χ3n) is 3.81. The fraction of sp³-hybridized carbons (Fsp3) is 0.111. The molecular formula is C18H14ClN3O6. The molecule has 1 amide bonds. The fourth-order valence-electron chi connectivity index (χ4n) is 2.43. The van der Waals surface area contributed by atoms with E-state index in [2.05, 4.69) is 10.5 Å². The van der Waals surface area contributed by atoms with Crippen LogP contribution >= 0.6 is 11.6 Å². The summed E-state index contributed by atoms with van der Waals surface area (Å²) in [5.41, 5.74) is 0.524. The summed E-state index contributed by atoms with van der Waals surface area (Å²) in [6.45, 7) is 0. The lowest BCUT2D eigenvalue weighted by atomic mass is 10.1. The van der Waals surface area contributed by atoms with Gasteiger partial charge in [-0.05, 0) is 30.3 Å². The lowest BCUT2D eigenvalue weighted by Gasteiger charge is -2.07. The zero-order valence-electron chi connectivity index (χ0n) is 14.8. The molecule has 0 bridgehead atoms. The van der Waals surface area contributed by atoms with Crippen molar-refractivity contribution in [1.82, 2.24) is 5.16 Å². The van der Waals surface area contributed by atoms with Crippen molar-refractivity contribution in [2.75, 3.05) is 19.5 Å². The number of nitro benzene ring substituents is 1. The van der Waals surface area contributed by atoms with Crippen molar-refractivity contribution in [2.45, 2.75) is 0 Å². The van der Waals surface area contributed by atoms with E-state index in [1.54, 1.807) is 18.2 Å². The van der Waals surface area contributed by atoms with Gasteiger partial charge in [-0.2, -0.15) is 0 Å². The number of halogens is 1. The topological polar surface area (TPSA) is 117 Å². The van der Waals surface area contributed by atoms with Crippen molar-refractivity contribution in [1.29, 1.82) is 0 Å². The van der Waals surface area contributed by atoms with Gasteiger partial charge in [0.15, 0.2) is 23.0 Å². The zero-order valence-corrected chi connectivity index (χ0v) is 15.5. The van der Waals surface area contributed by atoms with Crippen LogP contribution in [0, 0.1) is 10.1 Å². The van der Waals surface area contributed by atoms with Gasteiger partial charge in [-0.25, -0.2) is 0 Å². The highest BCUT2D eigenvalue weighted by Crippen LogP contribution is 2.33. The van der Waals surface area contributed by atoms with E-state index in [0.29, 0.717) is 22.8 Å². The number of nitrogens with zero attached hydrogens (tertiary/aromatic N) is 2. The molecule has 9 nitrogen and oxygen atoms in total. The molecule has 0 atom stereocenters. The Morgan fingerprint density at radius 1 is 1.14 bits per heavy atom. The highest BCUT2D eigenvalue weighted by molar-refractivity contribution is 6.32. The summed E-state index contributed by atoms with van der Waals surface area (Å²) in [4.78, 5) is 22.7. The number of carbonyl (C=O) groups excluding carboxylic acids is 1. The van der Waals surface area contributed by atoms with Crippen LogP contribution in [-0.2, 0) is 0 Å². The van der Waals surface area contributed by atoms with Crippen molar-refractivity contribution >= 4 is 28.9 Å². The molecule has 0 radical (unpaired) electrons. The molecule has 3 rings (SSSR count). The second-order valence-electron chi connectivity index (χ2n) is 5.52. The number of methoxy groups -OCH3 is 2. The number of nitrogens with one attached hydrogen (secondary N) is 1. The number of ether oxygens (including phenoxy) is 2. The summed E-state index contributed by atoms with van der Waals surface area (Å²) in [5.74, 6) is 0.796. The van der Waals surface area contributed by atoms with Crippen molar-refractivity contribution < 1.29 is 23.7 Å². The van der Waals surface area contributed by atoms with Gasteiger partial charge in [0.2, 0.25) is 0 Å². The summed E-state index contributed by atoms with van der Waals surface area (Å²) in [7, 11) is 3.03. The van der Waals surface area contributed by atoms with Gasteiger partial charge in [-0.15, -0.1) is 0 Å². The van der Waals surface area contributed by atoms with E-state index in [1.807, 2.05) is 0 Å². The highest BCUT2D eigenvalue weighted by atomic mass is 35.5. The van der Waals surface area contributed by atoms with Crippen molar-refractivity contribution in [3.63, 3.8) is 0 Å². The summed E-state index contributed by atoms with van der Waals surface area (Å²) >= 11 is 5.76. The van der Waals surface area contributed by atoms with Crippen LogP contribution in [0.1, 0.15) is 10.5 Å². The maximum atomic E-state index is 12.4. The largest absolute Gasteiger partial charge is 0.493 e. The molecule has 0 aliphatic rings. The summed E-state index contributed by atoms with van der Waals surface area (Å²) in [5, 5.41) is 17.2. The van der Waals surface area contributed by atoms with E-state index in [0.717, 1.165) is 6.07 Å². The molecular weight excluding hydrogens is 390 g/mol. The number of benzene rings is 2. The second kappa shape index (κ2) is 7.97. The van der Waals surface area contributed by atoms with Crippen LogP contribution in [0.5, 0.6) is 11.5 Å². The van der Waals surface area contributed by atoms with Crippen LogP contribution in [0.25, 0.3) is 11.3 Å². The maximum Gasteiger partial charge on any atom is 0.289 e. The molecule has 0 aliphatic heterocycles. The Kier molecular flexibility index (Phi) is 5.46. The minimum atomic E-state index is -0.636. The standard InChI is InChI=1S/C18H14ClN3O6/c1-26-15-6-3-10(7-17(15)27-2)16-9-13(21-28-16)18(23)20-11-4-5-12(19)14(8-11)22(24)25/h3-9H,1-2H3,(H,20,23). The van der Waals surface area contributed by atoms with Gasteiger partial charge in [0.25, 0.3) is 11.6 Å². The molecule has 0 saturated carbocycles. The van der Waals surface area contributed by atoms with Crippen molar-refractivity contribution in [3.8, 4) is 22.8 Å². The molecule has 2 aromatic carbocycles. The highest BCUT2D eigenvalue weighted by Gasteiger charge is 2.18. The molecule has 0 saturated heterocycles. The third kappa shape index (κ3) is 3.89. The van der Waals surface area contributed by atoms with Crippen LogP contribution in [0.15, 0.2) is 47.0 Å². The SMILES string of the molecule is COc1ccc(-c2cc(C(=O)Nc3ccc(Cl)c([N+](=O)[O-])c3)no2)cc1OC. The number of carbonyl (C=O) groups is 1. The lowest BCUT2D eigenvalue weighted by Crippen LogP contribution is -2.12. The van der Waals surface area contributed by atoms with Gasteiger partial charge >= 0.3 is 0 Å². The minimum absolute atomic E-state index is 0.00221. The van der Waals surface area contributed by atoms with Crippen LogP contribution in [0.2, 0.25) is 5.02 Å². The number of hydrogen-bond donors (Lipinski definition) is 1. The molecule has 3 aromatic rings. The van der Waals surface area contributed by atoms with E-state index in [9.17, 15) is 14.9 Å². The number of amides is 1. The molecule has 10 heteroatoms. The normalized spacial score (nSPS) is 10.4. The zero-order chi connectivity index (χ0) is 20.3. The van der Waals surface area contributed by atoms with Crippen LogP contribution in [-0.4, -0.2) is 30.2 Å². The lowest BCUT2D eigenvalue weighted by molar-refractivity contribution is -0.384. The average molecular weight is 404 g/mol. The smallest absolute Gasteiger partial charge is 0.289 e. The molecule has 1 aromatic heterocycles. The Bertz CT molecular complexity index is 1050. The molecule has 1 heterocycles. The predicted octanol–water partition coefficient (Wildman–Crippen LogP) is 4.17. The minimum Gasteiger partial charge on any atom is -0.493 e. The third-order valence-corrected chi connectivity index (χ3v) is 4.13. The van der Waals surface area contributed by atoms with Gasteiger partial charge < -0.3 is 19.3 Å². The van der Waals surface area contributed by atoms with Crippen molar-refractivity contribution in [3.05, 3.63) is 63.3 Å². The summed E-state index contributed by atoms with van der Waals surface area (Å²) in [6.07, 6.45) is 0. The predicted molar refractivity (Wildman–Crippen MR) is 101 cm³/mol. The molecule has 0 spiro atoms. The summed E-state index contributed by atoms with van der Waals surface area (Å²) in [6, 6.07) is 10.5. The van der Waals surface area contributed by atoms with Crippen molar-refractivity contribution in [2.24, 2.45) is 0 Å². The van der Waals surface area contributed by atoms with Gasteiger partial charge in [0.05, 0.1) is 19.1 Å². The summed E-state index contributed by atoms with van der Waals surface area (Å²) < 4.78 is 15.6. The van der Waals surface area contributed by atoms with E-state index >= 15 is 0 Å². The molecule has 0 aliphatic carbocycles. The Hall–Kier alpha value is -3.59. The fourth-order valence-corrected chi connectivity index (χ4v) is 2.62. The maximum absolute atomic E-state index is 12.4. The Morgan fingerprint density at radius 2 is 1.89 bits per heavy atom. The molecule has 0 fully saturated rings. The average Bonchev–Trinajstić information content (AvgIpc) is 3.19. The Morgan fingerprint density at radius 3 is 2.57 bits per heavy atom. The number of rotatable bonds is 6. The van der Waals surface area contributed by atoms with Crippen LogP contribution in [0.3, 0.4) is 0 Å². The number of hydrogen-bond acceptors (Lipinski definition) is 7. The quantitative estimate of drug-likeness (QED) is 0.484. The number of anilines is 1. The van der Waals surface area contributed by atoms with E-state index in [4.69, 9.17) is 25.6 Å². The van der Waals surface area contributed by atoms with Gasteiger partial charge in [0.1, 0.15) is 5.02 Å². The first-order valence-corrected chi connectivity index (χ1v) is 8.25. The Labute approximate surface area is 164 Å².